The van der Waals surface area contributed by atoms with E-state index in [0.717, 1.165) is 16.7 Å². The SMILES string of the molecule is N[C@@H](C=O)[C@@H](OCc1ccccc1)[C@H](OCc1ccccc1)[C@H](O)COCc1ccccc1. The highest BCUT2D eigenvalue weighted by Crippen LogP contribution is 2.18. The molecule has 0 saturated carbocycles. The zero-order chi connectivity index (χ0) is 23.3. The number of carbonyl (C=O) groups is 1. The van der Waals surface area contributed by atoms with Gasteiger partial charge < -0.3 is 29.8 Å². The number of hydrogen-bond donors (Lipinski definition) is 2. The quantitative estimate of drug-likeness (QED) is 0.367. The first-order chi connectivity index (χ1) is 16.2. The van der Waals surface area contributed by atoms with Crippen molar-refractivity contribution in [3.63, 3.8) is 0 Å². The van der Waals surface area contributed by atoms with Gasteiger partial charge in [-0.1, -0.05) is 91.0 Å². The van der Waals surface area contributed by atoms with Crippen molar-refractivity contribution in [2.45, 2.75) is 44.2 Å². The van der Waals surface area contributed by atoms with E-state index in [-0.39, 0.29) is 19.8 Å². The molecule has 0 fully saturated rings. The van der Waals surface area contributed by atoms with E-state index in [0.29, 0.717) is 12.9 Å². The van der Waals surface area contributed by atoms with E-state index in [9.17, 15) is 9.90 Å². The fraction of sp³-hybridized carbons (Fsp3) is 0.296. The Labute approximate surface area is 194 Å². The van der Waals surface area contributed by atoms with Crippen LogP contribution in [0.3, 0.4) is 0 Å². The fourth-order valence-corrected chi connectivity index (χ4v) is 3.43. The summed E-state index contributed by atoms with van der Waals surface area (Å²) >= 11 is 0. The van der Waals surface area contributed by atoms with Gasteiger partial charge in [-0.2, -0.15) is 0 Å². The van der Waals surface area contributed by atoms with Crippen LogP contribution in [-0.2, 0) is 38.8 Å². The number of rotatable bonds is 14. The summed E-state index contributed by atoms with van der Waals surface area (Å²) in [4.78, 5) is 11.6. The largest absolute Gasteiger partial charge is 0.388 e. The molecule has 0 unspecified atom stereocenters. The van der Waals surface area contributed by atoms with Crippen molar-refractivity contribution < 1.29 is 24.1 Å². The van der Waals surface area contributed by atoms with Crippen molar-refractivity contribution in [3.8, 4) is 0 Å². The van der Waals surface area contributed by atoms with Gasteiger partial charge in [0.05, 0.1) is 32.5 Å². The van der Waals surface area contributed by atoms with Gasteiger partial charge in [-0.05, 0) is 16.7 Å². The molecule has 6 heteroatoms. The lowest BCUT2D eigenvalue weighted by Crippen LogP contribution is -2.52. The average molecular weight is 450 g/mol. The second kappa shape index (κ2) is 13.6. The molecular weight excluding hydrogens is 418 g/mol. The standard InChI is InChI=1S/C27H31NO5/c28-24(16-29)26(32-18-22-12-6-2-7-13-22)27(33-19-23-14-8-3-9-15-23)25(30)20-31-17-21-10-4-1-5-11-21/h1-16,24-27,30H,17-20,28H2/t24-,25+,26+,27+/m0/s1. The highest BCUT2D eigenvalue weighted by Gasteiger charge is 2.35. The zero-order valence-electron chi connectivity index (χ0n) is 18.5. The van der Waals surface area contributed by atoms with Crippen LogP contribution in [0.15, 0.2) is 91.0 Å². The van der Waals surface area contributed by atoms with Crippen LogP contribution in [-0.4, -0.2) is 42.4 Å². The minimum atomic E-state index is -1.05. The van der Waals surface area contributed by atoms with Gasteiger partial charge in [0, 0.05) is 0 Å². The van der Waals surface area contributed by atoms with Crippen molar-refractivity contribution in [2.24, 2.45) is 5.73 Å². The number of nitrogens with two attached hydrogens (primary N) is 1. The first kappa shape index (κ1) is 24.8. The summed E-state index contributed by atoms with van der Waals surface area (Å²) in [6.45, 7) is 0.817. The molecule has 33 heavy (non-hydrogen) atoms. The van der Waals surface area contributed by atoms with Gasteiger partial charge in [-0.15, -0.1) is 0 Å². The molecule has 0 aliphatic heterocycles. The maximum absolute atomic E-state index is 11.6. The normalized spacial score (nSPS) is 14.8. The van der Waals surface area contributed by atoms with Gasteiger partial charge in [0.25, 0.3) is 0 Å². The lowest BCUT2D eigenvalue weighted by atomic mass is 10.0. The summed E-state index contributed by atoms with van der Waals surface area (Å²) in [6, 6.07) is 27.9. The topological polar surface area (TPSA) is 91.0 Å². The molecule has 0 aliphatic carbocycles. The highest BCUT2D eigenvalue weighted by atomic mass is 16.6. The van der Waals surface area contributed by atoms with Crippen LogP contribution in [0.4, 0.5) is 0 Å². The van der Waals surface area contributed by atoms with Crippen molar-refractivity contribution in [1.29, 1.82) is 0 Å². The number of ether oxygens (including phenoxy) is 3. The predicted molar refractivity (Wildman–Crippen MR) is 126 cm³/mol. The Morgan fingerprint density at radius 1 is 0.697 bits per heavy atom. The molecular formula is C27H31NO5. The van der Waals surface area contributed by atoms with E-state index < -0.39 is 24.4 Å². The first-order valence-corrected chi connectivity index (χ1v) is 11.0. The molecule has 0 amide bonds. The third kappa shape index (κ3) is 8.20. The second-order valence-corrected chi connectivity index (χ2v) is 7.80. The molecule has 0 saturated heterocycles. The van der Waals surface area contributed by atoms with Gasteiger partial charge in [-0.3, -0.25) is 0 Å². The van der Waals surface area contributed by atoms with Gasteiger partial charge in [0.2, 0.25) is 0 Å². The molecule has 3 N–H and O–H groups in total. The first-order valence-electron chi connectivity index (χ1n) is 11.0. The van der Waals surface area contributed by atoms with Gasteiger partial charge in [-0.25, -0.2) is 0 Å². The third-order valence-corrected chi connectivity index (χ3v) is 5.21. The number of aliphatic hydroxyl groups excluding tert-OH is 1. The zero-order valence-corrected chi connectivity index (χ0v) is 18.5. The molecule has 0 aromatic heterocycles. The Balaban J connectivity index is 1.70. The molecule has 3 rings (SSSR count). The average Bonchev–Trinajstić information content (AvgIpc) is 2.87. The number of carbonyl (C=O) groups excluding carboxylic acids is 1. The van der Waals surface area contributed by atoms with Crippen molar-refractivity contribution in [1.82, 2.24) is 0 Å². The smallest absolute Gasteiger partial charge is 0.139 e. The summed E-state index contributed by atoms with van der Waals surface area (Å²) in [5, 5.41) is 11.0. The van der Waals surface area contributed by atoms with E-state index in [1.165, 1.54) is 0 Å². The number of aliphatic hydroxyl groups is 1. The molecule has 4 atom stereocenters. The van der Waals surface area contributed by atoms with Crippen molar-refractivity contribution >= 4 is 6.29 Å². The summed E-state index contributed by atoms with van der Waals surface area (Å²) < 4.78 is 17.8. The highest BCUT2D eigenvalue weighted by molar-refractivity contribution is 5.58. The third-order valence-electron chi connectivity index (χ3n) is 5.21. The van der Waals surface area contributed by atoms with Crippen molar-refractivity contribution in [3.05, 3.63) is 108 Å². The predicted octanol–water partition coefficient (Wildman–Crippen LogP) is 3.26. The van der Waals surface area contributed by atoms with Gasteiger partial charge >= 0.3 is 0 Å². The Morgan fingerprint density at radius 2 is 1.12 bits per heavy atom. The molecule has 174 valence electrons. The molecule has 0 heterocycles. The molecule has 3 aromatic rings. The lowest BCUT2D eigenvalue weighted by molar-refractivity contribution is -0.155. The molecule has 0 bridgehead atoms. The summed E-state index contributed by atoms with van der Waals surface area (Å²) in [7, 11) is 0. The number of benzene rings is 3. The summed E-state index contributed by atoms with van der Waals surface area (Å²) in [5.74, 6) is 0. The lowest BCUT2D eigenvalue weighted by Gasteiger charge is -2.32. The summed E-state index contributed by atoms with van der Waals surface area (Å²) in [5.41, 5.74) is 8.94. The van der Waals surface area contributed by atoms with E-state index in [4.69, 9.17) is 19.9 Å². The summed E-state index contributed by atoms with van der Waals surface area (Å²) in [6.07, 6.45) is -2.16. The maximum Gasteiger partial charge on any atom is 0.139 e. The van der Waals surface area contributed by atoms with Crippen LogP contribution in [0.5, 0.6) is 0 Å². The minimum absolute atomic E-state index is 0.00508. The Morgan fingerprint density at radius 3 is 1.58 bits per heavy atom. The number of hydrogen-bond acceptors (Lipinski definition) is 6. The fourth-order valence-electron chi connectivity index (χ4n) is 3.43. The van der Waals surface area contributed by atoms with Crippen LogP contribution < -0.4 is 5.73 Å². The van der Waals surface area contributed by atoms with Gasteiger partial charge in [0.1, 0.15) is 24.6 Å². The molecule has 6 nitrogen and oxygen atoms in total. The minimum Gasteiger partial charge on any atom is -0.388 e. The van der Waals surface area contributed by atoms with Crippen molar-refractivity contribution in [2.75, 3.05) is 6.61 Å². The van der Waals surface area contributed by atoms with Crippen LogP contribution >= 0.6 is 0 Å². The Kier molecular flexibility index (Phi) is 10.2. The van der Waals surface area contributed by atoms with E-state index in [1.807, 2.05) is 91.0 Å². The Hall–Kier alpha value is -2.87. The van der Waals surface area contributed by atoms with Crippen LogP contribution in [0.1, 0.15) is 16.7 Å². The van der Waals surface area contributed by atoms with Crippen LogP contribution in [0.2, 0.25) is 0 Å². The second-order valence-electron chi connectivity index (χ2n) is 7.80. The maximum atomic E-state index is 11.6. The van der Waals surface area contributed by atoms with E-state index in [2.05, 4.69) is 0 Å². The molecule has 0 aliphatic rings. The van der Waals surface area contributed by atoms with Crippen LogP contribution in [0, 0.1) is 0 Å². The number of aldehydes is 1. The van der Waals surface area contributed by atoms with Crippen LogP contribution in [0.25, 0.3) is 0 Å². The molecule has 0 spiro atoms. The van der Waals surface area contributed by atoms with E-state index >= 15 is 0 Å². The van der Waals surface area contributed by atoms with Gasteiger partial charge in [0.15, 0.2) is 0 Å². The molecule has 3 aromatic carbocycles. The molecule has 0 radical (unpaired) electrons. The Bertz CT molecular complexity index is 923. The van der Waals surface area contributed by atoms with E-state index in [1.54, 1.807) is 0 Å². The monoisotopic (exact) mass is 449 g/mol.